The van der Waals surface area contributed by atoms with Crippen molar-refractivity contribution in [2.24, 2.45) is 16.8 Å². The van der Waals surface area contributed by atoms with Crippen LogP contribution in [0.5, 0.6) is 0 Å². The van der Waals surface area contributed by atoms with Crippen molar-refractivity contribution >= 4 is 11.9 Å². The van der Waals surface area contributed by atoms with Gasteiger partial charge in [-0.2, -0.15) is 0 Å². The highest BCUT2D eigenvalue weighted by Gasteiger charge is 2.36. The van der Waals surface area contributed by atoms with E-state index in [9.17, 15) is 4.79 Å². The summed E-state index contributed by atoms with van der Waals surface area (Å²) in [6.07, 6.45) is 0. The molecule has 0 amide bonds. The number of rotatable bonds is 1. The summed E-state index contributed by atoms with van der Waals surface area (Å²) in [7, 11) is 5.01. The molecule has 0 saturated carbocycles. The minimum Gasteiger partial charge on any atom is -0.469 e. The fraction of sp³-hybridized carbons (Fsp3) is 0.800. The van der Waals surface area contributed by atoms with E-state index in [0.29, 0.717) is 12.5 Å². The van der Waals surface area contributed by atoms with E-state index >= 15 is 0 Å². The van der Waals surface area contributed by atoms with Gasteiger partial charge in [-0.1, -0.05) is 6.92 Å². The van der Waals surface area contributed by atoms with Crippen LogP contribution in [0.3, 0.4) is 0 Å². The molecule has 86 valence electrons. The van der Waals surface area contributed by atoms with Crippen molar-refractivity contribution in [3.8, 4) is 0 Å². The number of hydrogen-bond acceptors (Lipinski definition) is 3. The second kappa shape index (κ2) is 5.00. The second-order valence-corrected chi connectivity index (χ2v) is 3.81. The molecule has 5 heteroatoms. The zero-order chi connectivity index (χ0) is 11.4. The summed E-state index contributed by atoms with van der Waals surface area (Å²) < 4.78 is 4.77. The van der Waals surface area contributed by atoms with Gasteiger partial charge in [0.25, 0.3) is 0 Å². The standard InChI is InChI=1S/C10H19N3O2/c1-7-5-13(10(11-2)12-3)6-8(7)9(14)15-4/h7-8H,5-6H2,1-4H3,(H,11,12). The number of likely N-dealkylation sites (tertiary alicyclic amines) is 1. The third kappa shape index (κ3) is 2.40. The van der Waals surface area contributed by atoms with E-state index in [1.165, 1.54) is 7.11 Å². The lowest BCUT2D eigenvalue weighted by molar-refractivity contribution is -0.145. The van der Waals surface area contributed by atoms with Crippen LogP contribution in [0, 0.1) is 11.8 Å². The van der Waals surface area contributed by atoms with Gasteiger partial charge in [0.05, 0.1) is 13.0 Å². The SMILES string of the molecule is CN=C(NC)N1CC(C)C(C(=O)OC)C1. The van der Waals surface area contributed by atoms with Crippen LogP contribution in [0.1, 0.15) is 6.92 Å². The molecular formula is C10H19N3O2. The number of esters is 1. The smallest absolute Gasteiger partial charge is 0.310 e. The summed E-state index contributed by atoms with van der Waals surface area (Å²) in [5.41, 5.74) is 0. The lowest BCUT2D eigenvalue weighted by atomic mass is 9.99. The molecule has 0 spiro atoms. The number of nitrogens with one attached hydrogen (secondary N) is 1. The number of guanidine groups is 1. The van der Waals surface area contributed by atoms with Crippen LogP contribution < -0.4 is 5.32 Å². The average molecular weight is 213 g/mol. The van der Waals surface area contributed by atoms with Gasteiger partial charge in [-0.05, 0) is 5.92 Å². The van der Waals surface area contributed by atoms with Gasteiger partial charge in [0.15, 0.2) is 5.96 Å². The van der Waals surface area contributed by atoms with Gasteiger partial charge in [0, 0.05) is 27.2 Å². The van der Waals surface area contributed by atoms with E-state index in [1.807, 2.05) is 7.05 Å². The molecule has 0 aromatic carbocycles. The van der Waals surface area contributed by atoms with Gasteiger partial charge >= 0.3 is 5.97 Å². The van der Waals surface area contributed by atoms with Crippen molar-refractivity contribution in [2.75, 3.05) is 34.3 Å². The highest BCUT2D eigenvalue weighted by atomic mass is 16.5. The topological polar surface area (TPSA) is 53.9 Å². The predicted octanol–water partition coefficient (Wildman–Crippen LogP) is -0.0675. The van der Waals surface area contributed by atoms with Crippen LogP contribution in [0.15, 0.2) is 4.99 Å². The zero-order valence-corrected chi connectivity index (χ0v) is 9.78. The van der Waals surface area contributed by atoms with Crippen molar-refractivity contribution in [3.63, 3.8) is 0 Å². The fourth-order valence-electron chi connectivity index (χ4n) is 2.01. The molecule has 1 aliphatic rings. The monoisotopic (exact) mass is 213 g/mol. The minimum atomic E-state index is -0.128. The first-order valence-corrected chi connectivity index (χ1v) is 5.11. The van der Waals surface area contributed by atoms with Crippen LogP contribution in [-0.2, 0) is 9.53 Å². The van der Waals surface area contributed by atoms with E-state index in [1.54, 1.807) is 7.05 Å². The van der Waals surface area contributed by atoms with Crippen molar-refractivity contribution in [1.29, 1.82) is 0 Å². The highest BCUT2D eigenvalue weighted by Crippen LogP contribution is 2.23. The van der Waals surface area contributed by atoms with E-state index in [4.69, 9.17) is 4.74 Å². The van der Waals surface area contributed by atoms with E-state index in [2.05, 4.69) is 22.1 Å². The Morgan fingerprint density at radius 1 is 1.53 bits per heavy atom. The van der Waals surface area contributed by atoms with Gasteiger partial charge in [0.1, 0.15) is 0 Å². The molecule has 0 bridgehead atoms. The van der Waals surface area contributed by atoms with Gasteiger partial charge < -0.3 is 15.0 Å². The maximum atomic E-state index is 11.5. The van der Waals surface area contributed by atoms with Crippen LogP contribution in [0.2, 0.25) is 0 Å². The normalized spacial score (nSPS) is 26.7. The molecule has 0 aromatic rings. The van der Waals surface area contributed by atoms with Gasteiger partial charge in [-0.25, -0.2) is 0 Å². The van der Waals surface area contributed by atoms with Gasteiger partial charge in [-0.3, -0.25) is 9.79 Å². The number of carbonyl (C=O) groups excluding carboxylic acids is 1. The Bertz CT molecular complexity index is 265. The van der Waals surface area contributed by atoms with Crippen LogP contribution in [-0.4, -0.2) is 51.1 Å². The quantitative estimate of drug-likeness (QED) is 0.376. The van der Waals surface area contributed by atoms with Crippen LogP contribution in [0.4, 0.5) is 0 Å². The molecule has 2 atom stereocenters. The van der Waals surface area contributed by atoms with Crippen molar-refractivity contribution in [2.45, 2.75) is 6.92 Å². The number of methoxy groups -OCH3 is 1. The average Bonchev–Trinajstić information content (AvgIpc) is 2.61. The lowest BCUT2D eigenvalue weighted by Gasteiger charge is -2.19. The minimum absolute atomic E-state index is 0.0416. The first-order chi connectivity index (χ1) is 7.13. The summed E-state index contributed by atoms with van der Waals surface area (Å²) in [6, 6.07) is 0. The molecule has 1 N–H and O–H groups in total. The Kier molecular flexibility index (Phi) is 3.94. The van der Waals surface area contributed by atoms with E-state index < -0.39 is 0 Å². The first-order valence-electron chi connectivity index (χ1n) is 5.11. The molecule has 5 nitrogen and oxygen atoms in total. The Labute approximate surface area is 90.5 Å². The Hall–Kier alpha value is -1.26. The second-order valence-electron chi connectivity index (χ2n) is 3.81. The van der Waals surface area contributed by atoms with Crippen molar-refractivity contribution < 1.29 is 9.53 Å². The van der Waals surface area contributed by atoms with Crippen molar-refractivity contribution in [1.82, 2.24) is 10.2 Å². The Morgan fingerprint density at radius 2 is 2.20 bits per heavy atom. The van der Waals surface area contributed by atoms with E-state index in [0.717, 1.165) is 12.5 Å². The fourth-order valence-corrected chi connectivity index (χ4v) is 2.01. The Morgan fingerprint density at radius 3 is 2.67 bits per heavy atom. The Balaban J connectivity index is 2.67. The van der Waals surface area contributed by atoms with Crippen LogP contribution in [0.25, 0.3) is 0 Å². The first kappa shape index (κ1) is 11.8. The summed E-state index contributed by atoms with van der Waals surface area (Å²) in [5.74, 6) is 0.965. The lowest BCUT2D eigenvalue weighted by Crippen LogP contribution is -2.38. The maximum absolute atomic E-state index is 11.5. The number of hydrogen-bond donors (Lipinski definition) is 1. The zero-order valence-electron chi connectivity index (χ0n) is 9.78. The molecule has 1 rings (SSSR count). The molecular weight excluding hydrogens is 194 g/mol. The maximum Gasteiger partial charge on any atom is 0.310 e. The molecule has 1 saturated heterocycles. The molecule has 0 radical (unpaired) electrons. The van der Waals surface area contributed by atoms with Crippen molar-refractivity contribution in [3.05, 3.63) is 0 Å². The summed E-state index contributed by atoms with van der Waals surface area (Å²) in [5, 5.41) is 3.02. The predicted molar refractivity (Wildman–Crippen MR) is 58.7 cm³/mol. The third-order valence-corrected chi connectivity index (χ3v) is 2.85. The van der Waals surface area contributed by atoms with E-state index in [-0.39, 0.29) is 11.9 Å². The molecule has 1 fully saturated rings. The summed E-state index contributed by atoms with van der Waals surface area (Å²) in [6.45, 7) is 3.58. The summed E-state index contributed by atoms with van der Waals surface area (Å²) in [4.78, 5) is 17.7. The molecule has 0 aliphatic carbocycles. The molecule has 0 aromatic heterocycles. The molecule has 1 aliphatic heterocycles. The number of carbonyl (C=O) groups is 1. The number of nitrogens with zero attached hydrogens (tertiary/aromatic N) is 2. The number of ether oxygens (including phenoxy) is 1. The van der Waals surface area contributed by atoms with Gasteiger partial charge in [-0.15, -0.1) is 0 Å². The number of aliphatic imine (C=N–C) groups is 1. The third-order valence-electron chi connectivity index (χ3n) is 2.85. The highest BCUT2D eigenvalue weighted by molar-refractivity contribution is 5.81. The largest absolute Gasteiger partial charge is 0.469 e. The molecule has 15 heavy (non-hydrogen) atoms. The summed E-state index contributed by atoms with van der Waals surface area (Å²) >= 11 is 0. The van der Waals surface area contributed by atoms with Gasteiger partial charge in [0.2, 0.25) is 0 Å². The molecule has 1 heterocycles. The molecule has 2 unspecified atom stereocenters. The van der Waals surface area contributed by atoms with Crippen LogP contribution >= 0.6 is 0 Å².